The van der Waals surface area contributed by atoms with Crippen molar-refractivity contribution in [2.45, 2.75) is 37.9 Å². The van der Waals surface area contributed by atoms with E-state index in [1.807, 2.05) is 24.5 Å². The highest BCUT2D eigenvalue weighted by atomic mass is 16.5. The number of ether oxygens (including phenoxy) is 1. The van der Waals surface area contributed by atoms with Gasteiger partial charge in [0.2, 0.25) is 0 Å². The van der Waals surface area contributed by atoms with Crippen LogP contribution in [0.2, 0.25) is 0 Å². The molecule has 2 atom stereocenters. The molecule has 0 radical (unpaired) electrons. The molecule has 0 fully saturated rings. The minimum Gasteiger partial charge on any atom is -0.366 e. The Hall–Kier alpha value is -3.32. The second-order valence-electron chi connectivity index (χ2n) is 6.94. The third-order valence-electron chi connectivity index (χ3n) is 4.93. The molecular weight excluding hydrogens is 364 g/mol. The van der Waals surface area contributed by atoms with Crippen molar-refractivity contribution in [2.75, 3.05) is 0 Å². The summed E-state index contributed by atoms with van der Waals surface area (Å²) in [6.07, 6.45) is 6.81. The molecule has 0 saturated carbocycles. The molecular formula is C22H24N6O. The molecule has 29 heavy (non-hydrogen) atoms. The SMILES string of the molecule is c1ccc(C(CCc2c[nH]nn2)OC(CCc2c[nH]nn2)c2ccccc2)cc1. The molecule has 0 aliphatic rings. The smallest absolute Gasteiger partial charge is 0.0837 e. The van der Waals surface area contributed by atoms with E-state index in [0.29, 0.717) is 0 Å². The van der Waals surface area contributed by atoms with Gasteiger partial charge in [-0.1, -0.05) is 71.1 Å². The van der Waals surface area contributed by atoms with Gasteiger partial charge in [0, 0.05) is 12.4 Å². The number of aromatic nitrogens is 6. The van der Waals surface area contributed by atoms with Crippen molar-refractivity contribution in [3.8, 4) is 0 Å². The largest absolute Gasteiger partial charge is 0.366 e. The minimum absolute atomic E-state index is 0.0459. The number of H-pyrrole nitrogens is 2. The van der Waals surface area contributed by atoms with Gasteiger partial charge in [-0.15, -0.1) is 10.2 Å². The Labute approximate surface area is 169 Å². The van der Waals surface area contributed by atoms with Gasteiger partial charge in [-0.25, -0.2) is 0 Å². The van der Waals surface area contributed by atoms with E-state index in [1.54, 1.807) is 0 Å². The molecule has 2 aromatic carbocycles. The van der Waals surface area contributed by atoms with Crippen LogP contribution < -0.4 is 0 Å². The molecule has 0 aliphatic carbocycles. The molecule has 7 nitrogen and oxygen atoms in total. The second kappa shape index (κ2) is 9.75. The summed E-state index contributed by atoms with van der Waals surface area (Å²) in [6.45, 7) is 0. The lowest BCUT2D eigenvalue weighted by molar-refractivity contribution is -0.0239. The highest BCUT2D eigenvalue weighted by Gasteiger charge is 2.21. The lowest BCUT2D eigenvalue weighted by Crippen LogP contribution is -2.13. The van der Waals surface area contributed by atoms with E-state index in [0.717, 1.165) is 37.1 Å². The number of hydrogen-bond donors (Lipinski definition) is 2. The summed E-state index contributed by atoms with van der Waals surface area (Å²) in [5, 5.41) is 21.4. The van der Waals surface area contributed by atoms with Gasteiger partial charge in [-0.3, -0.25) is 10.2 Å². The standard InChI is InChI=1S/C22H24N6O/c1-3-7-17(8-4-1)21(13-11-19-15-23-27-25-19)29-22(18-9-5-2-6-10-18)14-12-20-16-24-28-26-20/h1-10,15-16,21-22H,11-14H2,(H,23,25,27)(H,24,26,28). The lowest BCUT2D eigenvalue weighted by Gasteiger charge is -2.26. The zero-order valence-corrected chi connectivity index (χ0v) is 16.1. The Morgan fingerprint density at radius 3 is 1.48 bits per heavy atom. The van der Waals surface area contributed by atoms with Crippen molar-refractivity contribution in [3.05, 3.63) is 95.6 Å². The Bertz CT molecular complexity index is 862. The van der Waals surface area contributed by atoms with Crippen molar-refractivity contribution in [1.29, 1.82) is 0 Å². The Balaban J connectivity index is 1.53. The van der Waals surface area contributed by atoms with Crippen LogP contribution in [0.25, 0.3) is 0 Å². The molecule has 2 unspecified atom stereocenters. The molecule has 2 heterocycles. The summed E-state index contributed by atoms with van der Waals surface area (Å²) < 4.78 is 6.70. The van der Waals surface area contributed by atoms with Gasteiger partial charge in [0.25, 0.3) is 0 Å². The van der Waals surface area contributed by atoms with Gasteiger partial charge < -0.3 is 4.74 Å². The average molecular weight is 388 g/mol. The molecule has 4 rings (SSSR count). The van der Waals surface area contributed by atoms with Crippen LogP contribution in [0.15, 0.2) is 73.1 Å². The maximum absolute atomic E-state index is 6.70. The fourth-order valence-corrected chi connectivity index (χ4v) is 3.41. The predicted molar refractivity (Wildman–Crippen MR) is 109 cm³/mol. The number of rotatable bonds is 10. The highest BCUT2D eigenvalue weighted by Crippen LogP contribution is 2.32. The Morgan fingerprint density at radius 1 is 0.655 bits per heavy atom. The van der Waals surface area contributed by atoms with Gasteiger partial charge in [0.1, 0.15) is 0 Å². The van der Waals surface area contributed by atoms with Crippen LogP contribution in [-0.2, 0) is 17.6 Å². The van der Waals surface area contributed by atoms with Crippen LogP contribution in [0.5, 0.6) is 0 Å². The minimum atomic E-state index is -0.0459. The first-order chi connectivity index (χ1) is 14.4. The predicted octanol–water partition coefficient (Wildman–Crippen LogP) is 3.99. The average Bonchev–Trinajstić information content (AvgIpc) is 3.49. The summed E-state index contributed by atoms with van der Waals surface area (Å²) in [6, 6.07) is 20.7. The van der Waals surface area contributed by atoms with Gasteiger partial charge in [-0.05, 0) is 36.8 Å². The number of nitrogens with zero attached hydrogens (tertiary/aromatic N) is 4. The van der Waals surface area contributed by atoms with Crippen LogP contribution >= 0.6 is 0 Å². The molecule has 0 aliphatic heterocycles. The maximum atomic E-state index is 6.70. The molecule has 0 bridgehead atoms. The molecule has 2 N–H and O–H groups in total. The van der Waals surface area contributed by atoms with E-state index in [2.05, 4.69) is 79.4 Å². The van der Waals surface area contributed by atoms with Crippen LogP contribution in [0.1, 0.15) is 47.6 Å². The summed E-state index contributed by atoms with van der Waals surface area (Å²) in [4.78, 5) is 0. The van der Waals surface area contributed by atoms with E-state index >= 15 is 0 Å². The normalized spacial score (nSPS) is 13.2. The van der Waals surface area contributed by atoms with Gasteiger partial charge >= 0.3 is 0 Å². The number of nitrogens with one attached hydrogen (secondary N) is 2. The van der Waals surface area contributed by atoms with E-state index in [9.17, 15) is 0 Å². The molecule has 0 saturated heterocycles. The van der Waals surface area contributed by atoms with Crippen molar-refractivity contribution in [2.24, 2.45) is 0 Å². The van der Waals surface area contributed by atoms with Crippen LogP contribution in [-0.4, -0.2) is 30.8 Å². The number of benzene rings is 2. The van der Waals surface area contributed by atoms with E-state index in [4.69, 9.17) is 4.74 Å². The molecule has 4 aromatic rings. The van der Waals surface area contributed by atoms with Crippen molar-refractivity contribution >= 4 is 0 Å². The first-order valence-corrected chi connectivity index (χ1v) is 9.84. The summed E-state index contributed by atoms with van der Waals surface area (Å²) in [7, 11) is 0. The quantitative estimate of drug-likeness (QED) is 0.429. The second-order valence-corrected chi connectivity index (χ2v) is 6.94. The summed E-state index contributed by atoms with van der Waals surface area (Å²) in [5.41, 5.74) is 4.21. The van der Waals surface area contributed by atoms with Crippen molar-refractivity contribution in [1.82, 2.24) is 30.8 Å². The van der Waals surface area contributed by atoms with Crippen LogP contribution in [0.3, 0.4) is 0 Å². The molecule has 2 aromatic heterocycles. The Kier molecular flexibility index (Phi) is 6.39. The lowest BCUT2D eigenvalue weighted by atomic mass is 10.0. The molecule has 0 spiro atoms. The van der Waals surface area contributed by atoms with E-state index in [1.165, 1.54) is 11.1 Å². The number of aryl methyl sites for hydroxylation is 2. The maximum Gasteiger partial charge on any atom is 0.0837 e. The topological polar surface area (TPSA) is 92.4 Å². The van der Waals surface area contributed by atoms with Crippen molar-refractivity contribution in [3.63, 3.8) is 0 Å². The molecule has 148 valence electrons. The van der Waals surface area contributed by atoms with E-state index in [-0.39, 0.29) is 12.2 Å². The van der Waals surface area contributed by atoms with Crippen LogP contribution in [0.4, 0.5) is 0 Å². The first-order valence-electron chi connectivity index (χ1n) is 9.84. The molecule has 0 amide bonds. The zero-order valence-electron chi connectivity index (χ0n) is 16.1. The molecule has 7 heteroatoms. The van der Waals surface area contributed by atoms with Crippen LogP contribution in [0, 0.1) is 0 Å². The third kappa shape index (κ3) is 5.36. The first kappa shape index (κ1) is 19.0. The third-order valence-corrected chi connectivity index (χ3v) is 4.93. The summed E-state index contributed by atoms with van der Waals surface area (Å²) >= 11 is 0. The highest BCUT2D eigenvalue weighted by molar-refractivity contribution is 5.21. The fourth-order valence-electron chi connectivity index (χ4n) is 3.41. The monoisotopic (exact) mass is 388 g/mol. The van der Waals surface area contributed by atoms with Gasteiger partial charge in [-0.2, -0.15) is 0 Å². The zero-order chi connectivity index (χ0) is 19.7. The fraction of sp³-hybridized carbons (Fsp3) is 0.273. The van der Waals surface area contributed by atoms with Crippen molar-refractivity contribution < 1.29 is 4.74 Å². The summed E-state index contributed by atoms with van der Waals surface area (Å²) in [5.74, 6) is 0. The Morgan fingerprint density at radius 2 is 1.10 bits per heavy atom. The van der Waals surface area contributed by atoms with Gasteiger partial charge in [0.05, 0.1) is 23.6 Å². The number of aromatic amines is 2. The van der Waals surface area contributed by atoms with E-state index < -0.39 is 0 Å². The number of hydrogen-bond acceptors (Lipinski definition) is 5. The van der Waals surface area contributed by atoms with Gasteiger partial charge in [0.15, 0.2) is 0 Å².